The number of hydrogen-bond donors (Lipinski definition) is 0. The Bertz CT molecular complexity index is 3150. The number of benzene rings is 7. The van der Waals surface area contributed by atoms with Crippen molar-refractivity contribution in [1.29, 1.82) is 5.26 Å². The van der Waals surface area contributed by atoms with E-state index in [1.165, 1.54) is 37.7 Å². The van der Waals surface area contributed by atoms with Gasteiger partial charge in [-0.25, -0.2) is 24.9 Å². The maximum atomic E-state index is 9.25. The van der Waals surface area contributed by atoms with Crippen molar-refractivity contribution < 1.29 is 0 Å². The number of nitriles is 1. The Kier molecular flexibility index (Phi) is 9.78. The topological polar surface area (TPSA) is 88.2 Å². The highest BCUT2D eigenvalue weighted by Gasteiger charge is 2.45. The van der Waals surface area contributed by atoms with Crippen molar-refractivity contribution in [2.24, 2.45) is 5.92 Å². The van der Waals surface area contributed by atoms with Crippen molar-refractivity contribution in [3.8, 4) is 96.4 Å². The lowest BCUT2D eigenvalue weighted by molar-refractivity contribution is 0.419. The van der Waals surface area contributed by atoms with Crippen LogP contribution in [0, 0.1) is 17.2 Å². The molecule has 0 radical (unpaired) electrons. The molecule has 2 aliphatic rings. The molecule has 2 aliphatic carbocycles. The van der Waals surface area contributed by atoms with E-state index in [9.17, 15) is 5.26 Å². The molecule has 9 aromatic rings. The largest absolute Gasteiger partial charge is 0.228 e. The fraction of sp³-hybridized carbons (Fsp3) is 0.123. The van der Waals surface area contributed by atoms with Crippen molar-refractivity contribution >= 4 is 0 Å². The summed E-state index contributed by atoms with van der Waals surface area (Å²) in [5.41, 5.74) is 14.2. The molecular formula is C57H42N6. The minimum Gasteiger partial charge on any atom is -0.228 e. The van der Waals surface area contributed by atoms with Crippen molar-refractivity contribution in [3.05, 3.63) is 199 Å². The highest BCUT2D eigenvalue weighted by atomic mass is 15.0. The van der Waals surface area contributed by atoms with Crippen LogP contribution in [0.25, 0.3) is 90.3 Å². The zero-order chi connectivity index (χ0) is 42.2. The molecule has 0 saturated heterocycles. The predicted octanol–water partition coefficient (Wildman–Crippen LogP) is 13.7. The molecule has 300 valence electrons. The summed E-state index contributed by atoms with van der Waals surface area (Å²) in [7, 11) is 0. The first-order valence-corrected chi connectivity index (χ1v) is 21.8. The molecule has 6 heteroatoms. The molecule has 0 amide bonds. The van der Waals surface area contributed by atoms with Gasteiger partial charge in [0.15, 0.2) is 23.3 Å². The van der Waals surface area contributed by atoms with Gasteiger partial charge in [-0.3, -0.25) is 0 Å². The van der Waals surface area contributed by atoms with E-state index in [0.717, 1.165) is 72.9 Å². The quantitative estimate of drug-likeness (QED) is 0.144. The van der Waals surface area contributed by atoms with Crippen LogP contribution >= 0.6 is 0 Å². The van der Waals surface area contributed by atoms with E-state index in [1.54, 1.807) is 0 Å². The van der Waals surface area contributed by atoms with E-state index >= 15 is 0 Å². The molecule has 2 aromatic heterocycles. The molecule has 2 heterocycles. The summed E-state index contributed by atoms with van der Waals surface area (Å²) < 4.78 is 0. The monoisotopic (exact) mass is 810 g/mol. The van der Waals surface area contributed by atoms with E-state index in [1.807, 2.05) is 84.9 Å². The van der Waals surface area contributed by atoms with Gasteiger partial charge in [0, 0.05) is 33.4 Å². The first kappa shape index (κ1) is 38.1. The van der Waals surface area contributed by atoms with Crippen molar-refractivity contribution in [2.75, 3.05) is 0 Å². The lowest BCUT2D eigenvalue weighted by atomic mass is 9.77. The van der Waals surface area contributed by atoms with Gasteiger partial charge in [0.2, 0.25) is 0 Å². The number of fused-ring (bicyclic) bond motifs is 2. The number of hydrogen-bond acceptors (Lipinski definition) is 6. The van der Waals surface area contributed by atoms with E-state index in [4.69, 9.17) is 24.9 Å². The molecule has 2 bridgehead atoms. The normalized spacial score (nSPS) is 16.5. The average molecular weight is 811 g/mol. The van der Waals surface area contributed by atoms with Crippen LogP contribution in [0.5, 0.6) is 0 Å². The molecule has 0 atom stereocenters. The number of aromatic nitrogens is 5. The van der Waals surface area contributed by atoms with Crippen molar-refractivity contribution in [1.82, 2.24) is 24.9 Å². The van der Waals surface area contributed by atoms with Crippen LogP contribution in [0.4, 0.5) is 0 Å². The molecule has 2 saturated carbocycles. The van der Waals surface area contributed by atoms with Gasteiger partial charge in [-0.05, 0) is 108 Å². The summed E-state index contributed by atoms with van der Waals surface area (Å²) in [6.07, 6.45) is 6.59. The van der Waals surface area contributed by atoms with E-state index in [-0.39, 0.29) is 0 Å². The van der Waals surface area contributed by atoms with Gasteiger partial charge in [-0.15, -0.1) is 0 Å². The second kappa shape index (κ2) is 16.2. The summed E-state index contributed by atoms with van der Waals surface area (Å²) in [4.78, 5) is 25.5. The Labute approximate surface area is 367 Å². The van der Waals surface area contributed by atoms with Crippen LogP contribution in [-0.2, 0) is 5.41 Å². The second-order valence-corrected chi connectivity index (χ2v) is 16.9. The SMILES string of the molecule is N#Cc1ccc(-c2ccc(-c3nc(-c4ccccc4)nc(-c4cccc(-c5cccc(-c6cc(-c7cccc(C89CCC(CC8)C9)c7)nc(-c7ccccc7)n6)c5)c4)n3)cc2)cc1. The Balaban J connectivity index is 0.955. The zero-order valence-corrected chi connectivity index (χ0v) is 34.7. The predicted molar refractivity (Wildman–Crippen MR) is 252 cm³/mol. The molecule has 0 unspecified atom stereocenters. The zero-order valence-electron chi connectivity index (χ0n) is 34.7. The second-order valence-electron chi connectivity index (χ2n) is 16.9. The fourth-order valence-electron chi connectivity index (χ4n) is 9.66. The van der Waals surface area contributed by atoms with Crippen LogP contribution in [0.15, 0.2) is 188 Å². The Morgan fingerprint density at radius 3 is 1.37 bits per heavy atom. The summed E-state index contributed by atoms with van der Waals surface area (Å²) in [5, 5.41) is 9.25. The molecule has 6 nitrogen and oxygen atoms in total. The van der Waals surface area contributed by atoms with E-state index in [0.29, 0.717) is 34.3 Å². The molecular weight excluding hydrogens is 769 g/mol. The maximum Gasteiger partial charge on any atom is 0.164 e. The lowest BCUT2D eigenvalue weighted by Gasteiger charge is -2.27. The summed E-state index contributed by atoms with van der Waals surface area (Å²) in [6, 6.07) is 66.7. The molecule has 63 heavy (non-hydrogen) atoms. The van der Waals surface area contributed by atoms with E-state index in [2.05, 4.69) is 109 Å². The van der Waals surface area contributed by atoms with Gasteiger partial charge in [-0.1, -0.05) is 152 Å². The van der Waals surface area contributed by atoms with Crippen LogP contribution < -0.4 is 0 Å². The van der Waals surface area contributed by atoms with Gasteiger partial charge in [0.05, 0.1) is 23.0 Å². The molecule has 7 aromatic carbocycles. The van der Waals surface area contributed by atoms with E-state index < -0.39 is 0 Å². The smallest absolute Gasteiger partial charge is 0.164 e. The van der Waals surface area contributed by atoms with Gasteiger partial charge >= 0.3 is 0 Å². The third-order valence-electron chi connectivity index (χ3n) is 13.0. The molecule has 11 rings (SSSR count). The van der Waals surface area contributed by atoms with Crippen LogP contribution in [0.3, 0.4) is 0 Å². The first-order chi connectivity index (χ1) is 31.1. The Morgan fingerprint density at radius 2 is 0.810 bits per heavy atom. The van der Waals surface area contributed by atoms with Gasteiger partial charge in [0.25, 0.3) is 0 Å². The van der Waals surface area contributed by atoms with Crippen molar-refractivity contribution in [3.63, 3.8) is 0 Å². The highest BCUT2D eigenvalue weighted by molar-refractivity contribution is 5.78. The third kappa shape index (κ3) is 7.60. The minimum atomic E-state index is 0.313. The minimum absolute atomic E-state index is 0.313. The number of rotatable bonds is 9. The van der Waals surface area contributed by atoms with Crippen LogP contribution in [-0.4, -0.2) is 24.9 Å². The third-order valence-corrected chi connectivity index (χ3v) is 13.0. The van der Waals surface area contributed by atoms with Crippen molar-refractivity contribution in [2.45, 2.75) is 37.5 Å². The molecule has 2 fully saturated rings. The Morgan fingerprint density at radius 1 is 0.381 bits per heavy atom. The fourth-order valence-corrected chi connectivity index (χ4v) is 9.66. The highest BCUT2D eigenvalue weighted by Crippen LogP contribution is 2.55. The van der Waals surface area contributed by atoms with Crippen LogP contribution in [0.1, 0.15) is 43.2 Å². The van der Waals surface area contributed by atoms with Gasteiger partial charge in [-0.2, -0.15) is 5.26 Å². The first-order valence-electron chi connectivity index (χ1n) is 21.8. The molecule has 0 N–H and O–H groups in total. The van der Waals surface area contributed by atoms with Crippen LogP contribution in [0.2, 0.25) is 0 Å². The summed E-state index contributed by atoms with van der Waals surface area (Å²) in [5.74, 6) is 3.38. The van der Waals surface area contributed by atoms with Gasteiger partial charge in [0.1, 0.15) is 0 Å². The molecule has 0 spiro atoms. The van der Waals surface area contributed by atoms with Gasteiger partial charge < -0.3 is 0 Å². The summed E-state index contributed by atoms with van der Waals surface area (Å²) >= 11 is 0. The molecule has 0 aliphatic heterocycles. The lowest BCUT2D eigenvalue weighted by Crippen LogP contribution is -2.19. The standard InChI is InChI=1S/C57H42N6/c58-37-39-20-22-40(23-21-39)41-24-26-44(27-25-41)55-61-54(43-12-5-2-6-13-43)62-56(63-55)49-18-8-15-46(33-49)45-14-7-16-47(32-45)51-35-52(60-53(59-51)42-10-3-1-4-11-42)48-17-9-19-50(34-48)57-30-28-38(36-57)29-31-57/h1-27,32-35,38H,28-31,36H2. The summed E-state index contributed by atoms with van der Waals surface area (Å²) in [6.45, 7) is 0. The average Bonchev–Trinajstić information content (AvgIpc) is 4.00. The Hall–Kier alpha value is -7.88. The maximum absolute atomic E-state index is 9.25. The number of nitrogens with zero attached hydrogens (tertiary/aromatic N) is 6.